The molecule has 20 heavy (non-hydrogen) atoms. The van der Waals surface area contributed by atoms with E-state index in [0.717, 1.165) is 18.8 Å². The lowest BCUT2D eigenvalue weighted by Gasteiger charge is -2.34. The molecule has 1 fully saturated rings. The van der Waals surface area contributed by atoms with Crippen LogP contribution in [0.3, 0.4) is 0 Å². The van der Waals surface area contributed by atoms with Crippen molar-refractivity contribution in [2.45, 2.75) is 31.2 Å². The van der Waals surface area contributed by atoms with Crippen LogP contribution in [0.2, 0.25) is 0 Å². The number of piperidine rings is 1. The van der Waals surface area contributed by atoms with Crippen molar-refractivity contribution in [3.05, 3.63) is 30.3 Å². The van der Waals surface area contributed by atoms with Gasteiger partial charge in [-0.3, -0.25) is 0 Å². The molecule has 1 N–H and O–H groups in total. The Morgan fingerprint density at radius 2 is 1.75 bits per heavy atom. The molecule has 0 spiro atoms. The minimum Gasteiger partial charge on any atom is -0.371 e. The number of hydrogen-bond donors (Lipinski definition) is 1. The number of rotatable bonds is 5. The second-order valence-electron chi connectivity index (χ2n) is 5.04. The van der Waals surface area contributed by atoms with E-state index in [9.17, 15) is 17.6 Å². The maximum atomic E-state index is 12.8. The van der Waals surface area contributed by atoms with Crippen LogP contribution in [0.15, 0.2) is 30.3 Å². The van der Waals surface area contributed by atoms with E-state index in [1.807, 2.05) is 30.3 Å². The van der Waals surface area contributed by atoms with Crippen molar-refractivity contribution >= 4 is 5.69 Å². The van der Waals surface area contributed by atoms with Gasteiger partial charge < -0.3 is 10.2 Å². The van der Waals surface area contributed by atoms with Gasteiger partial charge in [-0.1, -0.05) is 18.2 Å². The summed E-state index contributed by atoms with van der Waals surface area (Å²) >= 11 is 0. The fourth-order valence-corrected chi connectivity index (χ4v) is 2.34. The first-order valence-corrected chi connectivity index (χ1v) is 6.68. The van der Waals surface area contributed by atoms with Gasteiger partial charge in [-0.15, -0.1) is 0 Å². The fourth-order valence-electron chi connectivity index (χ4n) is 2.34. The van der Waals surface area contributed by atoms with Crippen LogP contribution in [0.25, 0.3) is 0 Å². The quantitative estimate of drug-likeness (QED) is 0.838. The molecule has 2 rings (SSSR count). The van der Waals surface area contributed by atoms with E-state index in [1.165, 1.54) is 0 Å². The van der Waals surface area contributed by atoms with Crippen LogP contribution in [0.5, 0.6) is 0 Å². The van der Waals surface area contributed by atoms with Crippen LogP contribution in [0, 0.1) is 0 Å². The van der Waals surface area contributed by atoms with Gasteiger partial charge in [0.05, 0.1) is 6.54 Å². The Morgan fingerprint density at radius 1 is 1.15 bits per heavy atom. The Kier molecular flexibility index (Phi) is 4.86. The molecular weight excluding hydrogens is 272 g/mol. The van der Waals surface area contributed by atoms with Gasteiger partial charge in [0.15, 0.2) is 0 Å². The van der Waals surface area contributed by atoms with E-state index < -0.39 is 18.9 Å². The Morgan fingerprint density at radius 3 is 2.30 bits per heavy atom. The van der Waals surface area contributed by atoms with E-state index in [4.69, 9.17) is 0 Å². The highest BCUT2D eigenvalue weighted by Gasteiger charge is 2.40. The zero-order valence-corrected chi connectivity index (χ0v) is 11.0. The van der Waals surface area contributed by atoms with Crippen LogP contribution in [0.1, 0.15) is 12.8 Å². The molecule has 0 atom stereocenters. The third-order valence-electron chi connectivity index (χ3n) is 3.56. The van der Waals surface area contributed by atoms with Gasteiger partial charge in [-0.2, -0.15) is 8.78 Å². The molecule has 112 valence electrons. The molecule has 6 heteroatoms. The lowest BCUT2D eigenvalue weighted by Crippen LogP contribution is -2.47. The zero-order valence-electron chi connectivity index (χ0n) is 11.0. The van der Waals surface area contributed by atoms with Crippen molar-refractivity contribution in [1.29, 1.82) is 0 Å². The Balaban J connectivity index is 1.78. The van der Waals surface area contributed by atoms with Crippen LogP contribution < -0.4 is 10.2 Å². The SMILES string of the molecule is FC(F)C(F)(F)CNC1CCN(c2ccccc2)CC1. The highest BCUT2D eigenvalue weighted by Crippen LogP contribution is 2.23. The Bertz CT molecular complexity index is 403. The van der Waals surface area contributed by atoms with Gasteiger partial charge in [0.1, 0.15) is 0 Å². The molecule has 2 nitrogen and oxygen atoms in total. The Hall–Kier alpha value is -1.30. The minimum absolute atomic E-state index is 0.125. The van der Waals surface area contributed by atoms with Crippen molar-refractivity contribution < 1.29 is 17.6 Å². The monoisotopic (exact) mass is 290 g/mol. The summed E-state index contributed by atoms with van der Waals surface area (Å²) in [4.78, 5) is 2.17. The fraction of sp³-hybridized carbons (Fsp3) is 0.571. The highest BCUT2D eigenvalue weighted by atomic mass is 19.3. The number of anilines is 1. The van der Waals surface area contributed by atoms with Crippen molar-refractivity contribution in [2.75, 3.05) is 24.5 Å². The predicted octanol–water partition coefficient (Wildman–Crippen LogP) is 3.15. The average molecular weight is 290 g/mol. The first-order valence-electron chi connectivity index (χ1n) is 6.68. The van der Waals surface area contributed by atoms with E-state index in [1.54, 1.807) is 0 Å². The molecule has 1 aromatic rings. The molecule has 1 heterocycles. The third-order valence-corrected chi connectivity index (χ3v) is 3.56. The molecule has 0 saturated carbocycles. The zero-order chi connectivity index (χ0) is 14.6. The van der Waals surface area contributed by atoms with Crippen molar-refractivity contribution in [3.63, 3.8) is 0 Å². The number of nitrogens with one attached hydrogen (secondary N) is 1. The topological polar surface area (TPSA) is 15.3 Å². The van der Waals surface area contributed by atoms with Gasteiger partial charge in [-0.25, -0.2) is 8.78 Å². The molecule has 0 aromatic heterocycles. The normalized spacial score (nSPS) is 17.8. The third kappa shape index (κ3) is 3.85. The molecule has 0 bridgehead atoms. The molecule has 1 saturated heterocycles. The average Bonchev–Trinajstić information content (AvgIpc) is 2.46. The van der Waals surface area contributed by atoms with Crippen LogP contribution in [-0.2, 0) is 0 Å². The maximum absolute atomic E-state index is 12.8. The van der Waals surface area contributed by atoms with Gasteiger partial charge in [0, 0.05) is 24.8 Å². The lowest BCUT2D eigenvalue weighted by molar-refractivity contribution is -0.126. The molecule has 0 radical (unpaired) electrons. The number of nitrogens with zero attached hydrogens (tertiary/aromatic N) is 1. The first kappa shape index (κ1) is 15.1. The molecule has 1 aromatic carbocycles. The summed E-state index contributed by atoms with van der Waals surface area (Å²) in [5, 5.41) is 2.56. The smallest absolute Gasteiger partial charge is 0.319 e. The predicted molar refractivity (Wildman–Crippen MR) is 70.6 cm³/mol. The van der Waals surface area contributed by atoms with Crippen LogP contribution in [-0.4, -0.2) is 38.0 Å². The summed E-state index contributed by atoms with van der Waals surface area (Å²) in [5.74, 6) is -3.95. The summed E-state index contributed by atoms with van der Waals surface area (Å²) in [6, 6.07) is 9.70. The van der Waals surface area contributed by atoms with Gasteiger partial charge in [-0.05, 0) is 25.0 Å². The summed E-state index contributed by atoms with van der Waals surface area (Å²) in [5.41, 5.74) is 1.10. The summed E-state index contributed by atoms with van der Waals surface area (Å²) in [6.07, 6.45) is -2.26. The number of alkyl halides is 4. The standard InChI is InChI=1S/C14H18F4N2/c15-13(16)14(17,18)10-19-11-6-8-20(9-7-11)12-4-2-1-3-5-12/h1-5,11,13,19H,6-10H2. The van der Waals surface area contributed by atoms with Gasteiger partial charge in [0.25, 0.3) is 0 Å². The van der Waals surface area contributed by atoms with Gasteiger partial charge in [0.2, 0.25) is 0 Å². The molecule has 0 amide bonds. The highest BCUT2D eigenvalue weighted by molar-refractivity contribution is 5.46. The second kappa shape index (κ2) is 6.43. The maximum Gasteiger partial charge on any atom is 0.319 e. The molecule has 0 aliphatic carbocycles. The summed E-state index contributed by atoms with van der Waals surface area (Å²) < 4.78 is 49.7. The number of hydrogen-bond acceptors (Lipinski definition) is 2. The van der Waals surface area contributed by atoms with E-state index >= 15 is 0 Å². The molecule has 1 aliphatic rings. The van der Waals surface area contributed by atoms with Gasteiger partial charge >= 0.3 is 12.3 Å². The summed E-state index contributed by atoms with van der Waals surface area (Å²) in [6.45, 7) is 0.518. The lowest BCUT2D eigenvalue weighted by atomic mass is 10.0. The van der Waals surface area contributed by atoms with Crippen LogP contribution in [0.4, 0.5) is 23.2 Å². The largest absolute Gasteiger partial charge is 0.371 e. The Labute approximate surface area is 115 Å². The molecule has 1 aliphatic heterocycles. The minimum atomic E-state index is -3.95. The van der Waals surface area contributed by atoms with E-state index in [2.05, 4.69) is 10.2 Å². The van der Waals surface area contributed by atoms with Crippen molar-refractivity contribution in [2.24, 2.45) is 0 Å². The number of para-hydroxylation sites is 1. The molecule has 0 unspecified atom stereocenters. The number of benzene rings is 1. The number of halogens is 4. The molecular formula is C14H18F4N2. The van der Waals surface area contributed by atoms with E-state index in [-0.39, 0.29) is 6.04 Å². The summed E-state index contributed by atoms with van der Waals surface area (Å²) in [7, 11) is 0. The van der Waals surface area contributed by atoms with Crippen molar-refractivity contribution in [3.8, 4) is 0 Å². The first-order chi connectivity index (χ1) is 9.49. The second-order valence-corrected chi connectivity index (χ2v) is 5.04. The van der Waals surface area contributed by atoms with E-state index in [0.29, 0.717) is 12.8 Å². The van der Waals surface area contributed by atoms with Crippen LogP contribution >= 0.6 is 0 Å². The van der Waals surface area contributed by atoms with Crippen molar-refractivity contribution in [1.82, 2.24) is 5.32 Å².